The predicted octanol–water partition coefficient (Wildman–Crippen LogP) is 3.89. The summed E-state index contributed by atoms with van der Waals surface area (Å²) in [5, 5.41) is 0. The van der Waals surface area contributed by atoms with E-state index in [4.69, 9.17) is 0 Å². The number of nitrogens with one attached hydrogen (secondary N) is 2. The first kappa shape index (κ1) is 19.5. The van der Waals surface area contributed by atoms with Crippen LogP contribution in [0.5, 0.6) is 0 Å². The minimum Gasteiger partial charge on any atom is -0.267 e. The van der Waals surface area contributed by atoms with E-state index in [9.17, 15) is 31.1 Å². The maximum absolute atomic E-state index is 12.8. The zero-order valence-corrected chi connectivity index (χ0v) is 13.4. The van der Waals surface area contributed by atoms with E-state index >= 15 is 0 Å². The number of nitrogens with zero attached hydrogens (tertiary/aromatic N) is 2. The molecule has 1 aromatic heterocycles. The van der Waals surface area contributed by atoms with Gasteiger partial charge in [0.15, 0.2) is 0 Å². The fourth-order valence-electron chi connectivity index (χ4n) is 2.05. The number of carbonyl (C=O) groups excluding carboxylic acids is 1. The Morgan fingerprint density at radius 1 is 0.846 bits per heavy atom. The van der Waals surface area contributed by atoms with E-state index in [0.717, 1.165) is 0 Å². The molecule has 140 valence electrons. The van der Waals surface area contributed by atoms with Gasteiger partial charge in [0, 0.05) is 17.0 Å². The van der Waals surface area contributed by atoms with Crippen LogP contribution in [-0.4, -0.2) is 15.9 Å². The third kappa shape index (κ3) is 4.83. The van der Waals surface area contributed by atoms with Crippen LogP contribution in [0.2, 0.25) is 0 Å². The molecular weight excluding hydrogens is 366 g/mol. The lowest BCUT2D eigenvalue weighted by atomic mass is 10.0. The van der Waals surface area contributed by atoms with E-state index in [1.54, 1.807) is 19.9 Å². The molecule has 0 fully saturated rings. The molecule has 2 rings (SSSR count). The first-order valence-corrected chi connectivity index (χ1v) is 7.04. The molecule has 0 aliphatic carbocycles. The second-order valence-corrected chi connectivity index (χ2v) is 5.35. The Labute approximate surface area is 143 Å². The van der Waals surface area contributed by atoms with Crippen LogP contribution < -0.4 is 10.9 Å². The zero-order chi connectivity index (χ0) is 19.7. The molecule has 0 atom stereocenters. The standard InChI is InChI=1S/C15H12F6N4O/c1-7-3-8(2)23-13(22-7)25-24-12(26)9-4-10(14(16,17)18)6-11(5-9)15(19,20)21/h3-6H,1-2H3,(H,24,26)(H,22,23,25). The van der Waals surface area contributed by atoms with Gasteiger partial charge >= 0.3 is 12.4 Å². The number of alkyl halides is 6. The SMILES string of the molecule is Cc1cc(C)nc(NNC(=O)c2cc(C(F)(F)F)cc(C(F)(F)F)c2)n1. The van der Waals surface area contributed by atoms with Gasteiger partial charge in [-0.3, -0.25) is 15.6 Å². The summed E-state index contributed by atoms with van der Waals surface area (Å²) in [6.07, 6.45) is -10.1. The Morgan fingerprint density at radius 3 is 1.73 bits per heavy atom. The Balaban J connectivity index is 2.29. The Hall–Kier alpha value is -2.85. The van der Waals surface area contributed by atoms with Crippen molar-refractivity contribution in [2.45, 2.75) is 26.2 Å². The molecular formula is C15H12F6N4O. The van der Waals surface area contributed by atoms with Crippen molar-refractivity contribution in [1.82, 2.24) is 15.4 Å². The van der Waals surface area contributed by atoms with Gasteiger partial charge in [0.1, 0.15) is 0 Å². The number of aromatic nitrogens is 2. The molecule has 0 saturated heterocycles. The molecule has 0 saturated carbocycles. The van der Waals surface area contributed by atoms with Crippen LogP contribution in [0.15, 0.2) is 24.3 Å². The largest absolute Gasteiger partial charge is 0.416 e. The molecule has 1 heterocycles. The molecule has 11 heteroatoms. The summed E-state index contributed by atoms with van der Waals surface area (Å²) in [6.45, 7) is 3.29. The quantitative estimate of drug-likeness (QED) is 0.628. The van der Waals surface area contributed by atoms with Crippen molar-refractivity contribution in [1.29, 1.82) is 0 Å². The van der Waals surface area contributed by atoms with E-state index in [2.05, 4.69) is 15.4 Å². The second kappa shape index (κ2) is 6.81. The number of hydrogen-bond acceptors (Lipinski definition) is 4. The fourth-order valence-corrected chi connectivity index (χ4v) is 2.05. The fraction of sp³-hybridized carbons (Fsp3) is 0.267. The summed E-state index contributed by atoms with van der Waals surface area (Å²) < 4.78 is 76.8. The number of hydrazine groups is 1. The van der Waals surface area contributed by atoms with Crippen LogP contribution in [0.4, 0.5) is 32.3 Å². The van der Waals surface area contributed by atoms with E-state index in [0.29, 0.717) is 23.5 Å². The lowest BCUT2D eigenvalue weighted by molar-refractivity contribution is -0.143. The maximum Gasteiger partial charge on any atom is 0.416 e. The highest BCUT2D eigenvalue weighted by Crippen LogP contribution is 2.36. The van der Waals surface area contributed by atoms with Crippen molar-refractivity contribution in [2.24, 2.45) is 0 Å². The summed E-state index contributed by atoms with van der Waals surface area (Å²) in [5.41, 5.74) is 1.35. The number of anilines is 1. The molecule has 0 bridgehead atoms. The number of amides is 1. The van der Waals surface area contributed by atoms with Gasteiger partial charge in [0.05, 0.1) is 11.1 Å². The topological polar surface area (TPSA) is 66.9 Å². The van der Waals surface area contributed by atoms with Crippen LogP contribution in [0.1, 0.15) is 32.9 Å². The smallest absolute Gasteiger partial charge is 0.267 e. The second-order valence-electron chi connectivity index (χ2n) is 5.35. The third-order valence-electron chi connectivity index (χ3n) is 3.12. The van der Waals surface area contributed by atoms with Crippen molar-refractivity contribution >= 4 is 11.9 Å². The number of carbonyl (C=O) groups is 1. The van der Waals surface area contributed by atoms with E-state index in [-0.39, 0.29) is 12.0 Å². The molecule has 0 spiro atoms. The number of rotatable bonds is 3. The number of aryl methyl sites for hydroxylation is 2. The average Bonchev–Trinajstić information content (AvgIpc) is 2.49. The van der Waals surface area contributed by atoms with Crippen molar-refractivity contribution < 1.29 is 31.1 Å². The molecule has 0 aliphatic heterocycles. The lowest BCUT2D eigenvalue weighted by Crippen LogP contribution is -2.31. The maximum atomic E-state index is 12.8. The van der Waals surface area contributed by atoms with E-state index in [1.807, 2.05) is 5.43 Å². The minimum atomic E-state index is -5.04. The first-order chi connectivity index (χ1) is 11.9. The van der Waals surface area contributed by atoms with Gasteiger partial charge < -0.3 is 0 Å². The minimum absolute atomic E-state index is 0.0566. The van der Waals surface area contributed by atoms with Crippen molar-refractivity contribution in [2.75, 3.05) is 5.43 Å². The van der Waals surface area contributed by atoms with Crippen molar-refractivity contribution in [3.05, 3.63) is 52.3 Å². The van der Waals surface area contributed by atoms with Crippen LogP contribution in [0.3, 0.4) is 0 Å². The molecule has 1 amide bonds. The zero-order valence-electron chi connectivity index (χ0n) is 13.4. The van der Waals surface area contributed by atoms with Gasteiger partial charge in [0.25, 0.3) is 5.91 Å². The summed E-state index contributed by atoms with van der Waals surface area (Å²) in [4.78, 5) is 19.8. The Kier molecular flexibility index (Phi) is 5.10. The highest BCUT2D eigenvalue weighted by Gasteiger charge is 2.37. The molecule has 1 aromatic carbocycles. The number of hydrogen-bond donors (Lipinski definition) is 2. The van der Waals surface area contributed by atoms with Gasteiger partial charge in [-0.15, -0.1) is 0 Å². The van der Waals surface area contributed by atoms with Gasteiger partial charge in [-0.1, -0.05) is 0 Å². The molecule has 2 aromatic rings. The molecule has 26 heavy (non-hydrogen) atoms. The Bertz CT molecular complexity index is 779. The van der Waals surface area contributed by atoms with Crippen LogP contribution >= 0.6 is 0 Å². The van der Waals surface area contributed by atoms with Crippen LogP contribution in [0.25, 0.3) is 0 Å². The molecule has 0 radical (unpaired) electrons. The van der Waals surface area contributed by atoms with Gasteiger partial charge in [-0.25, -0.2) is 9.97 Å². The molecule has 0 aliphatic rings. The lowest BCUT2D eigenvalue weighted by Gasteiger charge is -2.14. The average molecular weight is 378 g/mol. The van der Waals surface area contributed by atoms with E-state index in [1.165, 1.54) is 0 Å². The van der Waals surface area contributed by atoms with Crippen LogP contribution in [-0.2, 0) is 12.4 Å². The van der Waals surface area contributed by atoms with Crippen molar-refractivity contribution in [3.8, 4) is 0 Å². The van der Waals surface area contributed by atoms with Crippen LogP contribution in [0, 0.1) is 13.8 Å². The third-order valence-corrected chi connectivity index (χ3v) is 3.12. The monoisotopic (exact) mass is 378 g/mol. The predicted molar refractivity (Wildman–Crippen MR) is 79.0 cm³/mol. The summed E-state index contributed by atoms with van der Waals surface area (Å²) in [5.74, 6) is -1.26. The van der Waals surface area contributed by atoms with E-state index < -0.39 is 35.0 Å². The van der Waals surface area contributed by atoms with Gasteiger partial charge in [-0.05, 0) is 38.1 Å². The highest BCUT2D eigenvalue weighted by molar-refractivity contribution is 5.95. The normalized spacial score (nSPS) is 12.0. The van der Waals surface area contributed by atoms with Gasteiger partial charge in [0.2, 0.25) is 5.95 Å². The number of halogens is 6. The molecule has 2 N–H and O–H groups in total. The number of benzene rings is 1. The highest BCUT2D eigenvalue weighted by atomic mass is 19.4. The Morgan fingerprint density at radius 2 is 1.31 bits per heavy atom. The summed E-state index contributed by atoms with van der Waals surface area (Å²) >= 11 is 0. The summed E-state index contributed by atoms with van der Waals surface area (Å²) in [6, 6.07) is 2.23. The molecule has 5 nitrogen and oxygen atoms in total. The van der Waals surface area contributed by atoms with Crippen molar-refractivity contribution in [3.63, 3.8) is 0 Å². The molecule has 0 unspecified atom stereocenters. The first-order valence-electron chi connectivity index (χ1n) is 7.04. The summed E-state index contributed by atoms with van der Waals surface area (Å²) in [7, 11) is 0. The van der Waals surface area contributed by atoms with Gasteiger partial charge in [-0.2, -0.15) is 26.3 Å².